The summed E-state index contributed by atoms with van der Waals surface area (Å²) >= 11 is 0. The number of likely N-dealkylation sites (N-methyl/N-ethyl adjacent to an activating group) is 1. The number of amides is 2. The molecule has 4 N–H and O–H groups in total. The van der Waals surface area contributed by atoms with E-state index in [0.29, 0.717) is 19.3 Å². The molecule has 0 bridgehead atoms. The molecule has 0 aliphatic rings. The fourth-order valence-electron chi connectivity index (χ4n) is 2.80. The van der Waals surface area contributed by atoms with Gasteiger partial charge in [-0.05, 0) is 60.4 Å². The summed E-state index contributed by atoms with van der Waals surface area (Å²) in [4.78, 5) is 59.1. The zero-order valence-electron chi connectivity index (χ0n) is 18.0. The molecule has 2 amide bonds. The van der Waals surface area contributed by atoms with Crippen molar-refractivity contribution in [2.75, 3.05) is 7.05 Å². The van der Waals surface area contributed by atoms with E-state index >= 15 is 0 Å². The van der Waals surface area contributed by atoms with Crippen molar-refractivity contribution in [2.45, 2.75) is 90.4 Å². The minimum absolute atomic E-state index is 0.0322. The Kier molecular flexibility index (Phi) is 12.9. The molecule has 0 heterocycles. The molecule has 0 radical (unpaired) electrons. The number of carbonyl (C=O) groups excluding carboxylic acids is 5. The van der Waals surface area contributed by atoms with E-state index in [4.69, 9.17) is 0 Å². The van der Waals surface area contributed by atoms with E-state index in [9.17, 15) is 29.1 Å². The van der Waals surface area contributed by atoms with Gasteiger partial charge in [0.2, 0.25) is 11.8 Å². The number of carbonyl (C=O) groups is 5. The predicted molar refractivity (Wildman–Crippen MR) is 108 cm³/mol. The summed E-state index contributed by atoms with van der Waals surface area (Å²) in [6.45, 7) is 5.74. The fraction of sp³-hybridized carbons (Fsp3) is 0.750. The second-order valence-electron chi connectivity index (χ2n) is 7.42. The molecule has 9 heteroatoms. The average Bonchev–Trinajstić information content (AvgIpc) is 2.61. The van der Waals surface area contributed by atoms with Gasteiger partial charge in [-0.2, -0.15) is 0 Å². The molecule has 0 saturated carbocycles. The van der Waals surface area contributed by atoms with Crippen molar-refractivity contribution in [1.29, 1.82) is 0 Å². The number of ketones is 3. The van der Waals surface area contributed by atoms with Crippen LogP contribution >= 0.6 is 0 Å². The lowest BCUT2D eigenvalue weighted by Gasteiger charge is -2.19. The Morgan fingerprint density at radius 2 is 1.07 bits per heavy atom. The van der Waals surface area contributed by atoms with Gasteiger partial charge < -0.3 is 21.1 Å². The van der Waals surface area contributed by atoms with Gasteiger partial charge in [0.15, 0.2) is 11.6 Å². The topological polar surface area (TPSA) is 142 Å². The zero-order chi connectivity index (χ0) is 22.6. The number of aliphatic hydroxyl groups excluding tert-OH is 1. The largest absolute Gasteiger partial charge is 0.393 e. The summed E-state index contributed by atoms with van der Waals surface area (Å²) in [5.74, 6) is -1.33. The third-order valence-corrected chi connectivity index (χ3v) is 4.68. The average molecular weight is 414 g/mol. The summed E-state index contributed by atoms with van der Waals surface area (Å²) in [6, 6.07) is -1.92. The Bertz CT molecular complexity index is 591. The molecule has 4 unspecified atom stereocenters. The highest BCUT2D eigenvalue weighted by molar-refractivity contribution is 5.90. The molecule has 0 aromatic carbocycles. The molecule has 0 fully saturated rings. The van der Waals surface area contributed by atoms with Gasteiger partial charge >= 0.3 is 0 Å². The van der Waals surface area contributed by atoms with Crippen LogP contribution in [-0.4, -0.2) is 65.5 Å². The Labute approximate surface area is 172 Å². The number of hydrogen-bond donors (Lipinski definition) is 4. The maximum absolute atomic E-state index is 12.1. The van der Waals surface area contributed by atoms with Gasteiger partial charge in [-0.3, -0.25) is 24.0 Å². The Balaban J connectivity index is 4.59. The summed E-state index contributed by atoms with van der Waals surface area (Å²) in [6.07, 6.45) is 0.598. The van der Waals surface area contributed by atoms with Gasteiger partial charge in [0.1, 0.15) is 5.78 Å². The van der Waals surface area contributed by atoms with E-state index < -0.39 is 30.1 Å². The van der Waals surface area contributed by atoms with Gasteiger partial charge in [-0.25, -0.2) is 0 Å². The third-order valence-electron chi connectivity index (χ3n) is 4.68. The fourth-order valence-corrected chi connectivity index (χ4v) is 2.80. The molecule has 29 heavy (non-hydrogen) atoms. The van der Waals surface area contributed by atoms with Crippen LogP contribution in [0.25, 0.3) is 0 Å². The monoisotopic (exact) mass is 413 g/mol. The van der Waals surface area contributed by atoms with Crippen LogP contribution in [0.15, 0.2) is 0 Å². The molecular formula is C20H35N3O6. The molecule has 0 saturated heterocycles. The van der Waals surface area contributed by atoms with E-state index in [1.54, 1.807) is 14.0 Å². The van der Waals surface area contributed by atoms with Crippen LogP contribution in [0.3, 0.4) is 0 Å². The van der Waals surface area contributed by atoms with Crippen LogP contribution in [0.4, 0.5) is 0 Å². The minimum Gasteiger partial charge on any atom is -0.393 e. The van der Waals surface area contributed by atoms with Crippen molar-refractivity contribution in [1.82, 2.24) is 16.0 Å². The highest BCUT2D eigenvalue weighted by Gasteiger charge is 2.22. The first kappa shape index (κ1) is 26.9. The van der Waals surface area contributed by atoms with Crippen LogP contribution in [0.1, 0.15) is 66.2 Å². The van der Waals surface area contributed by atoms with Crippen LogP contribution in [-0.2, 0) is 24.0 Å². The maximum Gasteiger partial charge on any atom is 0.220 e. The highest BCUT2D eigenvalue weighted by Crippen LogP contribution is 2.06. The first-order valence-corrected chi connectivity index (χ1v) is 9.93. The van der Waals surface area contributed by atoms with E-state index in [0.717, 1.165) is 0 Å². The molecule has 4 atom stereocenters. The molecule has 0 aromatic rings. The predicted octanol–water partition coefficient (Wildman–Crippen LogP) is 0.0324. The Morgan fingerprint density at radius 3 is 1.41 bits per heavy atom. The molecule has 166 valence electrons. The highest BCUT2D eigenvalue weighted by atomic mass is 16.3. The molecule has 0 spiro atoms. The minimum atomic E-state index is -0.813. The van der Waals surface area contributed by atoms with E-state index in [1.165, 1.54) is 20.8 Å². The summed E-state index contributed by atoms with van der Waals surface area (Å²) < 4.78 is 0. The molecule has 9 nitrogen and oxygen atoms in total. The van der Waals surface area contributed by atoms with Gasteiger partial charge in [0.05, 0.1) is 24.2 Å². The van der Waals surface area contributed by atoms with Crippen molar-refractivity contribution in [3.05, 3.63) is 0 Å². The zero-order valence-corrected chi connectivity index (χ0v) is 18.0. The number of rotatable bonds is 15. The quantitative estimate of drug-likeness (QED) is 0.297. The van der Waals surface area contributed by atoms with Crippen molar-refractivity contribution in [3.8, 4) is 0 Å². The normalized spacial score (nSPS) is 15.0. The van der Waals surface area contributed by atoms with E-state index in [-0.39, 0.29) is 42.5 Å². The number of hydrogen-bond acceptors (Lipinski definition) is 7. The summed E-state index contributed by atoms with van der Waals surface area (Å²) in [5.41, 5.74) is 0. The molecular weight excluding hydrogens is 378 g/mol. The third kappa shape index (κ3) is 12.1. The second kappa shape index (κ2) is 13.9. The molecule has 0 aromatic heterocycles. The van der Waals surface area contributed by atoms with E-state index in [1.807, 2.05) is 0 Å². The molecule has 0 rings (SSSR count). The van der Waals surface area contributed by atoms with Gasteiger partial charge in [-0.1, -0.05) is 0 Å². The summed E-state index contributed by atoms with van der Waals surface area (Å²) in [5, 5.41) is 17.4. The van der Waals surface area contributed by atoms with Crippen LogP contribution in [0.2, 0.25) is 0 Å². The smallest absolute Gasteiger partial charge is 0.220 e. The lowest BCUT2D eigenvalue weighted by molar-refractivity contribution is -0.129. The number of aliphatic hydroxyl groups is 1. The number of Topliss-reactive ketones (excluding diaryl/α,β-unsaturated/α-hetero) is 3. The van der Waals surface area contributed by atoms with Crippen molar-refractivity contribution < 1.29 is 29.1 Å². The number of nitrogens with one attached hydrogen (secondary N) is 3. The van der Waals surface area contributed by atoms with Crippen molar-refractivity contribution in [2.24, 2.45) is 0 Å². The lowest BCUT2D eigenvalue weighted by Crippen LogP contribution is -2.43. The molecule has 0 aliphatic heterocycles. The van der Waals surface area contributed by atoms with Crippen LogP contribution in [0.5, 0.6) is 0 Å². The summed E-state index contributed by atoms with van der Waals surface area (Å²) in [7, 11) is 1.64. The maximum atomic E-state index is 12.1. The standard InChI is InChI=1S/C20H35N3O6/c1-12(24)6-7-17(14(3)26)22-20(29)11-9-18(15(4)27)23-19(28)10-8-16(21-5)13(2)25/h12,16-18,21,24H,6-11H2,1-5H3,(H,22,29)(H,23,28). The first-order valence-electron chi connectivity index (χ1n) is 9.93. The lowest BCUT2D eigenvalue weighted by atomic mass is 10.0. The Hall–Kier alpha value is -2.13. The van der Waals surface area contributed by atoms with Gasteiger partial charge in [0.25, 0.3) is 0 Å². The van der Waals surface area contributed by atoms with E-state index in [2.05, 4.69) is 16.0 Å². The van der Waals surface area contributed by atoms with Crippen LogP contribution < -0.4 is 16.0 Å². The Morgan fingerprint density at radius 1 is 0.690 bits per heavy atom. The second-order valence-corrected chi connectivity index (χ2v) is 7.42. The van der Waals surface area contributed by atoms with Crippen LogP contribution in [0, 0.1) is 0 Å². The SMILES string of the molecule is CNC(CCC(=O)NC(CCC(=O)NC(CCC(C)O)C(C)=O)C(C)=O)C(C)=O. The van der Waals surface area contributed by atoms with Crippen molar-refractivity contribution >= 4 is 29.2 Å². The first-order chi connectivity index (χ1) is 13.5. The van der Waals surface area contributed by atoms with Gasteiger partial charge in [0, 0.05) is 12.8 Å². The molecule has 0 aliphatic carbocycles. The van der Waals surface area contributed by atoms with Gasteiger partial charge in [-0.15, -0.1) is 0 Å². The van der Waals surface area contributed by atoms with Crippen molar-refractivity contribution in [3.63, 3.8) is 0 Å².